The van der Waals surface area contributed by atoms with E-state index in [1.54, 1.807) is 11.3 Å². The average Bonchev–Trinajstić information content (AvgIpc) is 3.50. The predicted octanol–water partition coefficient (Wildman–Crippen LogP) is 5.90. The van der Waals surface area contributed by atoms with Crippen LogP contribution in [-0.4, -0.2) is 31.3 Å². The van der Waals surface area contributed by atoms with Crippen LogP contribution >= 0.6 is 11.3 Å². The molecule has 5 heterocycles. The van der Waals surface area contributed by atoms with Crippen molar-refractivity contribution in [2.75, 3.05) is 11.4 Å². The molecule has 1 saturated heterocycles. The number of aromatic nitrogens is 5. The lowest BCUT2D eigenvalue weighted by molar-refractivity contribution is 0.421. The van der Waals surface area contributed by atoms with Crippen LogP contribution < -0.4 is 4.90 Å². The number of hydrogen-bond acceptors (Lipinski definition) is 6. The van der Waals surface area contributed by atoms with Gasteiger partial charge in [-0.05, 0) is 50.5 Å². The number of nitrogens with zero attached hydrogens (tertiary/aromatic N) is 6. The van der Waals surface area contributed by atoms with Crippen molar-refractivity contribution in [2.45, 2.75) is 69.9 Å². The van der Waals surface area contributed by atoms with Crippen LogP contribution in [0.3, 0.4) is 0 Å². The summed E-state index contributed by atoms with van der Waals surface area (Å²) in [6, 6.07) is 10.9. The molecule has 2 fully saturated rings. The minimum atomic E-state index is 0.228. The SMILES string of the molecule is c1ccc(-c2csc3nc(C4CC4)nc(N4CCCC[C@@H]4c4nnc5n4CCCC5)c23)cc1. The lowest BCUT2D eigenvalue weighted by atomic mass is 9.99. The van der Waals surface area contributed by atoms with E-state index in [0.717, 1.165) is 54.1 Å². The molecule has 1 aliphatic carbocycles. The number of fused-ring (bicyclic) bond motifs is 2. The zero-order valence-corrected chi connectivity index (χ0v) is 19.6. The zero-order chi connectivity index (χ0) is 21.8. The largest absolute Gasteiger partial charge is 0.346 e. The van der Waals surface area contributed by atoms with Crippen LogP contribution in [0.5, 0.6) is 0 Å². The summed E-state index contributed by atoms with van der Waals surface area (Å²) >= 11 is 1.76. The molecule has 168 valence electrons. The molecule has 1 aromatic carbocycles. The van der Waals surface area contributed by atoms with E-state index < -0.39 is 0 Å². The van der Waals surface area contributed by atoms with Crippen molar-refractivity contribution in [3.8, 4) is 11.1 Å². The third-order valence-electron chi connectivity index (χ3n) is 7.42. The van der Waals surface area contributed by atoms with Crippen LogP contribution in [0.25, 0.3) is 21.3 Å². The Hall–Kier alpha value is -2.80. The van der Waals surface area contributed by atoms with Crippen LogP contribution in [0.4, 0.5) is 5.82 Å². The van der Waals surface area contributed by atoms with Crippen LogP contribution in [-0.2, 0) is 13.0 Å². The Kier molecular flexibility index (Phi) is 4.71. The van der Waals surface area contributed by atoms with E-state index in [0.29, 0.717) is 5.92 Å². The van der Waals surface area contributed by atoms with Gasteiger partial charge < -0.3 is 9.47 Å². The van der Waals surface area contributed by atoms with E-state index >= 15 is 0 Å². The first-order valence-electron chi connectivity index (χ1n) is 12.4. The molecule has 33 heavy (non-hydrogen) atoms. The van der Waals surface area contributed by atoms with Gasteiger partial charge in [-0.15, -0.1) is 21.5 Å². The Morgan fingerprint density at radius 2 is 1.76 bits per heavy atom. The molecule has 4 aromatic rings. The van der Waals surface area contributed by atoms with Gasteiger partial charge in [0.05, 0.1) is 11.4 Å². The van der Waals surface area contributed by atoms with Gasteiger partial charge in [0.1, 0.15) is 22.3 Å². The number of thiophene rings is 1. The van der Waals surface area contributed by atoms with Gasteiger partial charge in [0.15, 0.2) is 5.82 Å². The van der Waals surface area contributed by atoms with Gasteiger partial charge in [0.2, 0.25) is 0 Å². The van der Waals surface area contributed by atoms with Gasteiger partial charge in [0.25, 0.3) is 0 Å². The van der Waals surface area contributed by atoms with E-state index in [9.17, 15) is 0 Å². The van der Waals surface area contributed by atoms with E-state index in [1.807, 2.05) is 0 Å². The highest BCUT2D eigenvalue weighted by Crippen LogP contribution is 2.46. The van der Waals surface area contributed by atoms with E-state index in [1.165, 1.54) is 55.0 Å². The Bertz CT molecular complexity index is 1310. The highest BCUT2D eigenvalue weighted by molar-refractivity contribution is 7.17. The van der Waals surface area contributed by atoms with Crippen LogP contribution in [0.15, 0.2) is 35.7 Å². The highest BCUT2D eigenvalue weighted by Gasteiger charge is 2.35. The maximum atomic E-state index is 5.28. The summed E-state index contributed by atoms with van der Waals surface area (Å²) in [7, 11) is 0. The first kappa shape index (κ1) is 19.6. The molecule has 0 radical (unpaired) electrons. The normalized spacial score (nSPS) is 20.8. The number of rotatable bonds is 4. The Labute approximate surface area is 197 Å². The summed E-state index contributed by atoms with van der Waals surface area (Å²) in [5.74, 6) is 4.97. The Balaban J connectivity index is 1.41. The van der Waals surface area contributed by atoms with Crippen molar-refractivity contribution in [1.29, 1.82) is 0 Å². The maximum absolute atomic E-state index is 5.28. The van der Waals surface area contributed by atoms with E-state index in [2.05, 4.69) is 50.3 Å². The zero-order valence-electron chi connectivity index (χ0n) is 18.8. The molecule has 7 heteroatoms. The molecule has 0 unspecified atom stereocenters. The minimum Gasteiger partial charge on any atom is -0.346 e. The first-order chi connectivity index (χ1) is 16.4. The molecule has 2 aliphatic heterocycles. The molecule has 1 atom stereocenters. The number of aryl methyl sites for hydroxylation is 1. The second kappa shape index (κ2) is 7.90. The molecule has 0 bridgehead atoms. The molecule has 0 spiro atoms. The summed E-state index contributed by atoms with van der Waals surface area (Å²) in [5.41, 5.74) is 2.49. The molecule has 3 aliphatic rings. The molecule has 1 saturated carbocycles. The smallest absolute Gasteiger partial charge is 0.155 e. The summed E-state index contributed by atoms with van der Waals surface area (Å²) in [6.07, 6.45) is 9.43. The quantitative estimate of drug-likeness (QED) is 0.383. The van der Waals surface area contributed by atoms with Gasteiger partial charge in [-0.1, -0.05) is 30.3 Å². The number of benzene rings is 1. The fraction of sp³-hybridized carbons (Fsp3) is 0.462. The molecular weight excluding hydrogens is 428 g/mol. The second-order valence-corrected chi connectivity index (χ2v) is 10.5. The third-order valence-corrected chi connectivity index (χ3v) is 8.29. The predicted molar refractivity (Wildman–Crippen MR) is 132 cm³/mol. The van der Waals surface area contributed by atoms with Gasteiger partial charge in [-0.25, -0.2) is 9.97 Å². The summed E-state index contributed by atoms with van der Waals surface area (Å²) in [6.45, 7) is 2.05. The monoisotopic (exact) mass is 456 g/mol. The summed E-state index contributed by atoms with van der Waals surface area (Å²) < 4.78 is 2.40. The molecule has 0 amide bonds. The second-order valence-electron chi connectivity index (χ2n) is 9.66. The van der Waals surface area contributed by atoms with E-state index in [4.69, 9.17) is 15.1 Å². The number of hydrogen-bond donors (Lipinski definition) is 0. The number of anilines is 1. The van der Waals surface area contributed by atoms with Crippen molar-refractivity contribution < 1.29 is 0 Å². The molecule has 3 aromatic heterocycles. The third kappa shape index (κ3) is 3.36. The van der Waals surface area contributed by atoms with Crippen LogP contribution in [0.2, 0.25) is 0 Å². The Morgan fingerprint density at radius 3 is 2.64 bits per heavy atom. The van der Waals surface area contributed by atoms with Crippen molar-refractivity contribution in [1.82, 2.24) is 24.7 Å². The molecular formula is C26H28N6S. The fourth-order valence-electron chi connectivity index (χ4n) is 5.53. The summed E-state index contributed by atoms with van der Waals surface area (Å²) in [5, 5.41) is 12.8. The van der Waals surface area contributed by atoms with Gasteiger partial charge in [-0.3, -0.25) is 0 Å². The van der Waals surface area contributed by atoms with Crippen molar-refractivity contribution in [3.63, 3.8) is 0 Å². The highest BCUT2D eigenvalue weighted by atomic mass is 32.1. The van der Waals surface area contributed by atoms with Crippen molar-refractivity contribution in [2.24, 2.45) is 0 Å². The fourth-order valence-corrected chi connectivity index (χ4v) is 6.48. The van der Waals surface area contributed by atoms with E-state index in [-0.39, 0.29) is 6.04 Å². The lowest BCUT2D eigenvalue weighted by Gasteiger charge is -2.37. The van der Waals surface area contributed by atoms with Crippen molar-refractivity contribution in [3.05, 3.63) is 53.2 Å². The first-order valence-corrected chi connectivity index (χ1v) is 13.3. The lowest BCUT2D eigenvalue weighted by Crippen LogP contribution is -2.36. The molecule has 7 rings (SSSR count). The minimum absolute atomic E-state index is 0.228. The average molecular weight is 457 g/mol. The van der Waals surface area contributed by atoms with Crippen molar-refractivity contribution >= 4 is 27.4 Å². The summed E-state index contributed by atoms with van der Waals surface area (Å²) in [4.78, 5) is 14.0. The van der Waals surface area contributed by atoms with Crippen LogP contribution in [0.1, 0.15) is 74.4 Å². The standard InChI is InChI=1S/C26H28N6S/c1-2-8-17(9-3-1)19-16-33-26-22(19)25(27-23(28-26)18-12-13-18)31-14-6-4-10-20(31)24-30-29-21-11-5-7-15-32(21)24/h1-3,8-9,16,18,20H,4-7,10-15H2/t20-/m1/s1. The van der Waals surface area contributed by atoms with Gasteiger partial charge >= 0.3 is 0 Å². The number of piperidine rings is 1. The molecule has 6 nitrogen and oxygen atoms in total. The van der Waals surface area contributed by atoms with Gasteiger partial charge in [0, 0.05) is 36.4 Å². The van der Waals surface area contributed by atoms with Gasteiger partial charge in [-0.2, -0.15) is 0 Å². The molecule has 0 N–H and O–H groups in total. The topological polar surface area (TPSA) is 59.7 Å². The van der Waals surface area contributed by atoms with Crippen LogP contribution in [0, 0.1) is 0 Å². The maximum Gasteiger partial charge on any atom is 0.155 e. The Morgan fingerprint density at radius 1 is 0.879 bits per heavy atom.